The number of carbonyl (C=O) groups is 1. The highest BCUT2D eigenvalue weighted by atomic mass is 35.5. The van der Waals surface area contributed by atoms with Gasteiger partial charge < -0.3 is 10.8 Å². The highest BCUT2D eigenvalue weighted by molar-refractivity contribution is 5.88. The van der Waals surface area contributed by atoms with Crippen molar-refractivity contribution in [1.82, 2.24) is 0 Å². The van der Waals surface area contributed by atoms with Crippen molar-refractivity contribution in [2.24, 2.45) is 0 Å². The second-order valence-corrected chi connectivity index (χ2v) is 3.42. The Bertz CT molecular complexity index is 361. The van der Waals surface area contributed by atoms with Gasteiger partial charge in [-0.15, -0.1) is 12.4 Å². The van der Waals surface area contributed by atoms with Crippen molar-refractivity contribution in [3.8, 4) is 0 Å². The van der Waals surface area contributed by atoms with Gasteiger partial charge >= 0.3 is 5.97 Å². The fourth-order valence-electron chi connectivity index (χ4n) is 1.46. The summed E-state index contributed by atoms with van der Waals surface area (Å²) in [5.41, 5.74) is 7.78. The molecule has 0 aromatic heterocycles. The fraction of sp³-hybridized carbons (Fsp3) is 0.300. The SMILES string of the molecule is Cl.Nc1ccc(C(=O)O)cc1C1CC1. The van der Waals surface area contributed by atoms with E-state index in [1.807, 2.05) is 0 Å². The highest BCUT2D eigenvalue weighted by Gasteiger charge is 2.26. The van der Waals surface area contributed by atoms with E-state index in [9.17, 15) is 4.79 Å². The predicted molar refractivity (Wildman–Crippen MR) is 57.0 cm³/mol. The molecule has 0 unspecified atom stereocenters. The van der Waals surface area contributed by atoms with E-state index < -0.39 is 5.97 Å². The van der Waals surface area contributed by atoms with Crippen LogP contribution in [0.3, 0.4) is 0 Å². The van der Waals surface area contributed by atoms with Crippen LogP contribution >= 0.6 is 12.4 Å². The van der Waals surface area contributed by atoms with E-state index in [0.717, 1.165) is 18.4 Å². The normalized spacial score (nSPS) is 14.6. The van der Waals surface area contributed by atoms with Crippen molar-refractivity contribution in [1.29, 1.82) is 0 Å². The third kappa shape index (κ3) is 1.99. The molecule has 1 aliphatic rings. The van der Waals surface area contributed by atoms with Crippen molar-refractivity contribution in [3.63, 3.8) is 0 Å². The maximum Gasteiger partial charge on any atom is 0.335 e. The number of aromatic carboxylic acids is 1. The van der Waals surface area contributed by atoms with Gasteiger partial charge in [0.2, 0.25) is 0 Å². The molecule has 0 amide bonds. The summed E-state index contributed by atoms with van der Waals surface area (Å²) in [7, 11) is 0. The Morgan fingerprint density at radius 1 is 1.43 bits per heavy atom. The minimum Gasteiger partial charge on any atom is -0.478 e. The maximum absolute atomic E-state index is 10.7. The van der Waals surface area contributed by atoms with Crippen LogP contribution in [-0.2, 0) is 0 Å². The van der Waals surface area contributed by atoms with Crippen molar-refractivity contribution in [3.05, 3.63) is 29.3 Å². The second kappa shape index (κ2) is 3.88. The van der Waals surface area contributed by atoms with Crippen LogP contribution in [0.4, 0.5) is 5.69 Å². The lowest BCUT2D eigenvalue weighted by molar-refractivity contribution is 0.0697. The third-order valence-corrected chi connectivity index (χ3v) is 2.35. The number of nitrogen functional groups attached to an aromatic ring is 1. The summed E-state index contributed by atoms with van der Waals surface area (Å²) in [6, 6.07) is 4.91. The number of anilines is 1. The summed E-state index contributed by atoms with van der Waals surface area (Å²) >= 11 is 0. The summed E-state index contributed by atoms with van der Waals surface area (Å²) in [5.74, 6) is -0.388. The van der Waals surface area contributed by atoms with Crippen molar-refractivity contribution in [2.45, 2.75) is 18.8 Å². The van der Waals surface area contributed by atoms with E-state index in [1.54, 1.807) is 18.2 Å². The van der Waals surface area contributed by atoms with E-state index in [0.29, 0.717) is 17.2 Å². The zero-order valence-corrected chi connectivity index (χ0v) is 8.38. The Hall–Kier alpha value is -1.22. The van der Waals surface area contributed by atoms with Gasteiger partial charge in [-0.25, -0.2) is 4.79 Å². The molecule has 0 radical (unpaired) electrons. The molecule has 1 aromatic carbocycles. The molecule has 0 saturated heterocycles. The molecule has 1 fully saturated rings. The first kappa shape index (κ1) is 10.9. The molecule has 3 nitrogen and oxygen atoms in total. The van der Waals surface area contributed by atoms with Gasteiger partial charge in [0.05, 0.1) is 5.56 Å². The van der Waals surface area contributed by atoms with Crippen LogP contribution < -0.4 is 5.73 Å². The zero-order valence-electron chi connectivity index (χ0n) is 7.56. The van der Waals surface area contributed by atoms with Crippen molar-refractivity contribution >= 4 is 24.1 Å². The van der Waals surface area contributed by atoms with Crippen LogP contribution in [0.2, 0.25) is 0 Å². The van der Waals surface area contributed by atoms with Gasteiger partial charge in [0.1, 0.15) is 0 Å². The Morgan fingerprint density at radius 2 is 2.07 bits per heavy atom. The standard InChI is InChI=1S/C10H11NO2.ClH/c11-9-4-3-7(10(12)13)5-8(9)6-1-2-6;/h3-6H,1-2,11H2,(H,12,13);1H. The maximum atomic E-state index is 10.7. The van der Waals surface area contributed by atoms with Crippen molar-refractivity contribution in [2.75, 3.05) is 5.73 Å². The van der Waals surface area contributed by atoms with Gasteiger partial charge in [-0.05, 0) is 42.5 Å². The molecule has 76 valence electrons. The Labute approximate surface area is 88.3 Å². The van der Waals surface area contributed by atoms with Crippen LogP contribution in [0.1, 0.15) is 34.7 Å². The van der Waals surface area contributed by atoms with E-state index in [-0.39, 0.29) is 12.4 Å². The number of rotatable bonds is 2. The average Bonchev–Trinajstić information content (AvgIpc) is 2.87. The number of carboxylic acids is 1. The zero-order chi connectivity index (χ0) is 9.42. The smallest absolute Gasteiger partial charge is 0.335 e. The monoisotopic (exact) mass is 213 g/mol. The molecule has 14 heavy (non-hydrogen) atoms. The fourth-order valence-corrected chi connectivity index (χ4v) is 1.46. The molecule has 0 aliphatic heterocycles. The molecule has 0 spiro atoms. The molecule has 3 N–H and O–H groups in total. The minimum absolute atomic E-state index is 0. The van der Waals surface area contributed by atoms with Gasteiger partial charge in [-0.1, -0.05) is 0 Å². The topological polar surface area (TPSA) is 63.3 Å². The van der Waals surface area contributed by atoms with Gasteiger partial charge in [-0.2, -0.15) is 0 Å². The number of hydrogen-bond donors (Lipinski definition) is 2. The van der Waals surface area contributed by atoms with Crippen LogP contribution in [0.5, 0.6) is 0 Å². The third-order valence-electron chi connectivity index (χ3n) is 2.35. The lowest BCUT2D eigenvalue weighted by Gasteiger charge is -2.04. The number of hydrogen-bond acceptors (Lipinski definition) is 2. The first-order valence-electron chi connectivity index (χ1n) is 4.31. The lowest BCUT2D eigenvalue weighted by Crippen LogP contribution is -2.00. The number of nitrogens with two attached hydrogens (primary N) is 1. The van der Waals surface area contributed by atoms with Crippen LogP contribution in [-0.4, -0.2) is 11.1 Å². The van der Waals surface area contributed by atoms with E-state index >= 15 is 0 Å². The number of halogens is 1. The van der Waals surface area contributed by atoms with E-state index in [1.165, 1.54) is 0 Å². The van der Waals surface area contributed by atoms with Crippen LogP contribution in [0, 0.1) is 0 Å². The van der Waals surface area contributed by atoms with Gasteiger partial charge in [0, 0.05) is 5.69 Å². The summed E-state index contributed by atoms with van der Waals surface area (Å²) < 4.78 is 0. The van der Waals surface area contributed by atoms with Crippen LogP contribution in [0.15, 0.2) is 18.2 Å². The molecule has 4 heteroatoms. The molecule has 1 aliphatic carbocycles. The second-order valence-electron chi connectivity index (χ2n) is 3.42. The Kier molecular flexibility index (Phi) is 3.01. The van der Waals surface area contributed by atoms with Gasteiger partial charge in [0.25, 0.3) is 0 Å². The molecule has 0 atom stereocenters. The summed E-state index contributed by atoms with van der Waals surface area (Å²) in [5, 5.41) is 8.76. The van der Waals surface area contributed by atoms with Gasteiger partial charge in [0.15, 0.2) is 0 Å². The molecular weight excluding hydrogens is 202 g/mol. The first-order chi connectivity index (χ1) is 6.18. The Balaban J connectivity index is 0.000000980. The minimum atomic E-state index is -0.887. The van der Waals surface area contributed by atoms with Gasteiger partial charge in [-0.3, -0.25) is 0 Å². The molecule has 1 saturated carbocycles. The molecule has 0 bridgehead atoms. The van der Waals surface area contributed by atoms with E-state index in [4.69, 9.17) is 10.8 Å². The molecular formula is C10H12ClNO2. The Morgan fingerprint density at radius 3 is 2.57 bits per heavy atom. The summed E-state index contributed by atoms with van der Waals surface area (Å²) in [4.78, 5) is 10.7. The van der Waals surface area contributed by atoms with Crippen LogP contribution in [0.25, 0.3) is 0 Å². The summed E-state index contributed by atoms with van der Waals surface area (Å²) in [6.07, 6.45) is 2.26. The predicted octanol–water partition coefficient (Wildman–Crippen LogP) is 2.27. The van der Waals surface area contributed by atoms with E-state index in [2.05, 4.69) is 0 Å². The molecule has 0 heterocycles. The molecule has 1 aromatic rings. The first-order valence-corrected chi connectivity index (χ1v) is 4.31. The number of carboxylic acid groups (broad SMARTS) is 1. The van der Waals surface area contributed by atoms with Crippen molar-refractivity contribution < 1.29 is 9.90 Å². The summed E-state index contributed by atoms with van der Waals surface area (Å²) in [6.45, 7) is 0. The average molecular weight is 214 g/mol. The quantitative estimate of drug-likeness (QED) is 0.741. The molecule has 2 rings (SSSR count). The lowest BCUT2D eigenvalue weighted by atomic mass is 10.1. The largest absolute Gasteiger partial charge is 0.478 e. The number of benzene rings is 1. The highest BCUT2D eigenvalue weighted by Crippen LogP contribution is 2.42.